The van der Waals surface area contributed by atoms with Crippen LogP contribution in [0.4, 0.5) is 5.13 Å². The van der Waals surface area contributed by atoms with Gasteiger partial charge in [0, 0.05) is 32.6 Å². The number of amides is 1. The van der Waals surface area contributed by atoms with Crippen molar-refractivity contribution in [3.05, 3.63) is 75.1 Å². The Bertz CT molecular complexity index is 928. The summed E-state index contributed by atoms with van der Waals surface area (Å²) < 4.78 is 0. The minimum absolute atomic E-state index is 0.289. The summed E-state index contributed by atoms with van der Waals surface area (Å²) >= 11 is 13.6. The summed E-state index contributed by atoms with van der Waals surface area (Å²) in [6.07, 6.45) is 3.99. The van der Waals surface area contributed by atoms with E-state index in [9.17, 15) is 4.79 Å². The Morgan fingerprint density at radius 1 is 1.15 bits per heavy atom. The first kappa shape index (κ1) is 18.6. The van der Waals surface area contributed by atoms with Crippen LogP contribution in [-0.4, -0.2) is 10.9 Å². The van der Waals surface area contributed by atoms with E-state index in [-0.39, 0.29) is 5.91 Å². The predicted molar refractivity (Wildman–Crippen MR) is 111 cm³/mol. The highest BCUT2D eigenvalue weighted by Gasteiger charge is 2.07. The number of anilines is 1. The molecule has 0 saturated carbocycles. The van der Waals surface area contributed by atoms with Gasteiger partial charge in [0.2, 0.25) is 5.91 Å². The third kappa shape index (κ3) is 4.52. The zero-order valence-electron chi connectivity index (χ0n) is 14.0. The highest BCUT2D eigenvalue weighted by atomic mass is 35.5. The van der Waals surface area contributed by atoms with Gasteiger partial charge in [-0.15, -0.1) is 11.3 Å². The van der Waals surface area contributed by atoms with Crippen LogP contribution in [-0.2, 0) is 11.2 Å². The average Bonchev–Trinajstić information content (AvgIpc) is 3.10. The smallest absolute Gasteiger partial charge is 0.250 e. The molecule has 132 valence electrons. The molecule has 2 aromatic carbocycles. The van der Waals surface area contributed by atoms with Gasteiger partial charge in [0.15, 0.2) is 5.13 Å². The van der Waals surface area contributed by atoms with E-state index < -0.39 is 0 Å². The molecule has 3 rings (SSSR count). The SMILES string of the molecule is CCc1ccc(-c2csc(NC(=O)C=Cc3c(Cl)cccc3Cl)n2)cc1. The largest absolute Gasteiger partial charge is 0.298 e. The summed E-state index contributed by atoms with van der Waals surface area (Å²) in [5.41, 5.74) is 3.76. The summed E-state index contributed by atoms with van der Waals surface area (Å²) in [5, 5.41) is 6.21. The quantitative estimate of drug-likeness (QED) is 0.506. The Kier molecular flexibility index (Phi) is 6.09. The summed E-state index contributed by atoms with van der Waals surface area (Å²) in [7, 11) is 0. The van der Waals surface area contributed by atoms with Gasteiger partial charge in [-0.2, -0.15) is 0 Å². The van der Waals surface area contributed by atoms with Crippen LogP contribution in [0.3, 0.4) is 0 Å². The summed E-state index contributed by atoms with van der Waals surface area (Å²) in [4.78, 5) is 16.6. The number of rotatable bonds is 5. The zero-order valence-corrected chi connectivity index (χ0v) is 16.3. The van der Waals surface area contributed by atoms with E-state index in [0.717, 1.165) is 17.7 Å². The fourth-order valence-corrected chi connectivity index (χ4v) is 3.60. The van der Waals surface area contributed by atoms with Crippen LogP contribution in [0.25, 0.3) is 17.3 Å². The first-order valence-electron chi connectivity index (χ1n) is 8.04. The van der Waals surface area contributed by atoms with Crippen molar-refractivity contribution in [2.75, 3.05) is 5.32 Å². The van der Waals surface area contributed by atoms with E-state index in [4.69, 9.17) is 23.2 Å². The van der Waals surface area contributed by atoms with Gasteiger partial charge in [-0.25, -0.2) is 4.98 Å². The lowest BCUT2D eigenvalue weighted by molar-refractivity contribution is -0.111. The van der Waals surface area contributed by atoms with Crippen molar-refractivity contribution in [1.29, 1.82) is 0 Å². The van der Waals surface area contributed by atoms with E-state index in [2.05, 4.69) is 29.4 Å². The van der Waals surface area contributed by atoms with Crippen molar-refractivity contribution in [3.63, 3.8) is 0 Å². The number of carbonyl (C=O) groups excluding carboxylic acids is 1. The molecule has 0 unspecified atom stereocenters. The number of halogens is 2. The Morgan fingerprint density at radius 2 is 1.85 bits per heavy atom. The van der Waals surface area contributed by atoms with Crippen LogP contribution < -0.4 is 5.32 Å². The maximum Gasteiger partial charge on any atom is 0.250 e. The highest BCUT2D eigenvalue weighted by Crippen LogP contribution is 2.27. The highest BCUT2D eigenvalue weighted by molar-refractivity contribution is 7.14. The second-order valence-corrected chi connectivity index (χ2v) is 7.22. The molecule has 3 nitrogen and oxygen atoms in total. The molecule has 0 aliphatic heterocycles. The Balaban J connectivity index is 1.68. The monoisotopic (exact) mass is 402 g/mol. The van der Waals surface area contributed by atoms with Gasteiger partial charge in [0.05, 0.1) is 5.69 Å². The molecule has 0 spiro atoms. The minimum atomic E-state index is -0.289. The molecule has 0 atom stereocenters. The molecule has 1 N–H and O–H groups in total. The molecule has 3 aromatic rings. The number of carbonyl (C=O) groups is 1. The maximum atomic E-state index is 12.1. The van der Waals surface area contributed by atoms with Crippen molar-refractivity contribution >= 4 is 51.7 Å². The second-order valence-electron chi connectivity index (χ2n) is 5.55. The van der Waals surface area contributed by atoms with Gasteiger partial charge in [0.1, 0.15) is 0 Å². The number of nitrogens with one attached hydrogen (secondary N) is 1. The van der Waals surface area contributed by atoms with Crippen LogP contribution in [0.2, 0.25) is 10.0 Å². The van der Waals surface area contributed by atoms with Crippen LogP contribution in [0.5, 0.6) is 0 Å². The van der Waals surface area contributed by atoms with Gasteiger partial charge >= 0.3 is 0 Å². The normalized spacial score (nSPS) is 11.0. The summed E-state index contributed by atoms with van der Waals surface area (Å²) in [5.74, 6) is -0.289. The number of benzene rings is 2. The Hall–Kier alpha value is -2.14. The standard InChI is InChI=1S/C20H16Cl2N2OS/c1-2-13-6-8-14(9-7-13)18-12-26-20(23-18)24-19(25)11-10-15-16(21)4-3-5-17(15)22/h3-12H,2H2,1H3,(H,23,24,25). The Morgan fingerprint density at radius 3 is 2.50 bits per heavy atom. The van der Waals surface area contributed by atoms with Crippen LogP contribution in [0.1, 0.15) is 18.1 Å². The van der Waals surface area contributed by atoms with Crippen molar-refractivity contribution in [1.82, 2.24) is 4.98 Å². The number of hydrogen-bond acceptors (Lipinski definition) is 3. The van der Waals surface area contributed by atoms with Crippen LogP contribution in [0, 0.1) is 0 Å². The molecule has 0 fully saturated rings. The molecular weight excluding hydrogens is 387 g/mol. The lowest BCUT2D eigenvalue weighted by atomic mass is 10.1. The number of aryl methyl sites for hydroxylation is 1. The first-order valence-corrected chi connectivity index (χ1v) is 9.68. The van der Waals surface area contributed by atoms with Crippen LogP contribution >= 0.6 is 34.5 Å². The van der Waals surface area contributed by atoms with Gasteiger partial charge in [-0.3, -0.25) is 10.1 Å². The molecule has 26 heavy (non-hydrogen) atoms. The molecule has 1 aromatic heterocycles. The van der Waals surface area contributed by atoms with Crippen molar-refractivity contribution in [2.45, 2.75) is 13.3 Å². The number of nitrogens with zero attached hydrogens (tertiary/aromatic N) is 1. The van der Waals surface area contributed by atoms with Crippen molar-refractivity contribution in [3.8, 4) is 11.3 Å². The molecular formula is C20H16Cl2N2OS. The van der Waals surface area contributed by atoms with Gasteiger partial charge in [-0.05, 0) is 30.2 Å². The molecule has 0 aliphatic carbocycles. The van der Waals surface area contributed by atoms with Crippen LogP contribution in [0.15, 0.2) is 53.9 Å². The van der Waals surface area contributed by atoms with Crippen molar-refractivity contribution < 1.29 is 4.79 Å². The van der Waals surface area contributed by atoms with Gasteiger partial charge < -0.3 is 0 Å². The molecule has 0 radical (unpaired) electrons. The predicted octanol–water partition coefficient (Wildman–Crippen LogP) is 6.33. The lowest BCUT2D eigenvalue weighted by Crippen LogP contribution is -2.07. The molecule has 0 aliphatic rings. The fraction of sp³-hybridized carbons (Fsp3) is 0.100. The zero-order chi connectivity index (χ0) is 18.5. The number of hydrogen-bond donors (Lipinski definition) is 1. The van der Waals surface area contributed by atoms with E-state index >= 15 is 0 Å². The molecule has 0 saturated heterocycles. The maximum absolute atomic E-state index is 12.1. The number of thiazole rings is 1. The molecule has 0 bridgehead atoms. The summed E-state index contributed by atoms with van der Waals surface area (Å²) in [6.45, 7) is 2.12. The average molecular weight is 403 g/mol. The van der Waals surface area contributed by atoms with Gasteiger partial charge in [0.25, 0.3) is 0 Å². The molecule has 1 amide bonds. The van der Waals surface area contributed by atoms with Crippen molar-refractivity contribution in [2.24, 2.45) is 0 Å². The fourth-order valence-electron chi connectivity index (χ4n) is 2.35. The topological polar surface area (TPSA) is 42.0 Å². The molecule has 6 heteroatoms. The second kappa shape index (κ2) is 8.49. The molecule has 1 heterocycles. The summed E-state index contributed by atoms with van der Waals surface area (Å²) in [6, 6.07) is 13.5. The van der Waals surface area contributed by atoms with E-state index in [1.54, 1.807) is 24.3 Å². The number of aromatic nitrogens is 1. The third-order valence-corrected chi connectivity index (χ3v) is 5.21. The lowest BCUT2D eigenvalue weighted by Gasteiger charge is -2.01. The van der Waals surface area contributed by atoms with Gasteiger partial charge in [-0.1, -0.05) is 60.5 Å². The Labute approximate surface area is 166 Å². The first-order chi connectivity index (χ1) is 12.6. The minimum Gasteiger partial charge on any atom is -0.298 e. The van der Waals surface area contributed by atoms with E-state index in [0.29, 0.717) is 20.7 Å². The van der Waals surface area contributed by atoms with E-state index in [1.165, 1.54) is 23.0 Å². The third-order valence-electron chi connectivity index (χ3n) is 3.79. The van der Waals surface area contributed by atoms with E-state index in [1.807, 2.05) is 17.5 Å².